The monoisotopic (exact) mass is 430 g/mol. The first-order chi connectivity index (χ1) is 14.3. The predicted octanol–water partition coefficient (Wildman–Crippen LogP) is 4.27. The van der Waals surface area contributed by atoms with Crippen LogP contribution in [-0.4, -0.2) is 37.8 Å². The molecule has 1 heterocycles. The number of benzene rings is 2. The molecule has 0 bridgehead atoms. The van der Waals surface area contributed by atoms with Gasteiger partial charge in [-0.3, -0.25) is 4.79 Å². The number of amides is 1. The first-order valence-electron chi connectivity index (χ1n) is 10.4. The summed E-state index contributed by atoms with van der Waals surface area (Å²) in [5, 5.41) is 2.79. The van der Waals surface area contributed by atoms with Crippen LogP contribution in [0.1, 0.15) is 43.7 Å². The highest BCUT2D eigenvalue weighted by Gasteiger charge is 2.25. The molecular formula is C23H30N2O4S. The summed E-state index contributed by atoms with van der Waals surface area (Å²) in [4.78, 5) is 12.8. The molecule has 3 rings (SSSR count). The average Bonchev–Trinajstić information content (AvgIpc) is 3.01. The summed E-state index contributed by atoms with van der Waals surface area (Å²) in [5.41, 5.74) is 2.55. The fourth-order valence-electron chi connectivity index (χ4n) is 3.46. The number of carbonyl (C=O) groups excluding carboxylic acids is 1. The number of nitrogens with zero attached hydrogens (tertiary/aromatic N) is 1. The van der Waals surface area contributed by atoms with Gasteiger partial charge in [0.25, 0.3) is 5.91 Å². The number of carbonyl (C=O) groups is 1. The highest BCUT2D eigenvalue weighted by Crippen LogP contribution is 2.23. The highest BCUT2D eigenvalue weighted by molar-refractivity contribution is 7.89. The third-order valence-electron chi connectivity index (χ3n) is 5.34. The van der Waals surface area contributed by atoms with Crippen molar-refractivity contribution in [3.8, 4) is 5.75 Å². The Labute approximate surface area is 179 Å². The Morgan fingerprint density at radius 1 is 1.00 bits per heavy atom. The molecule has 1 amide bonds. The first kappa shape index (κ1) is 22.3. The van der Waals surface area contributed by atoms with Crippen molar-refractivity contribution in [2.24, 2.45) is 0 Å². The Balaban J connectivity index is 1.64. The molecule has 162 valence electrons. The number of aryl methyl sites for hydroxylation is 2. The minimum absolute atomic E-state index is 0.252. The second-order valence-electron chi connectivity index (χ2n) is 7.86. The lowest BCUT2D eigenvalue weighted by atomic mass is 10.1. The van der Waals surface area contributed by atoms with Gasteiger partial charge in [-0.1, -0.05) is 25.0 Å². The van der Waals surface area contributed by atoms with E-state index < -0.39 is 16.1 Å². The third kappa shape index (κ3) is 5.40. The zero-order valence-corrected chi connectivity index (χ0v) is 18.7. The van der Waals surface area contributed by atoms with E-state index in [1.54, 1.807) is 35.5 Å². The van der Waals surface area contributed by atoms with Crippen LogP contribution in [0.2, 0.25) is 0 Å². The van der Waals surface area contributed by atoms with E-state index in [0.717, 1.165) is 36.8 Å². The van der Waals surface area contributed by atoms with Gasteiger partial charge in [0.2, 0.25) is 10.0 Å². The number of hydrogen-bond acceptors (Lipinski definition) is 4. The van der Waals surface area contributed by atoms with E-state index in [2.05, 4.69) is 5.32 Å². The van der Waals surface area contributed by atoms with Gasteiger partial charge < -0.3 is 10.1 Å². The summed E-state index contributed by atoms with van der Waals surface area (Å²) in [6.45, 7) is 6.72. The van der Waals surface area contributed by atoms with Crippen LogP contribution < -0.4 is 10.1 Å². The van der Waals surface area contributed by atoms with Crippen molar-refractivity contribution < 1.29 is 17.9 Å². The average molecular weight is 431 g/mol. The maximum atomic E-state index is 12.9. The van der Waals surface area contributed by atoms with Gasteiger partial charge in [-0.05, 0) is 75.1 Å². The molecule has 7 heteroatoms. The molecule has 1 saturated heterocycles. The van der Waals surface area contributed by atoms with Crippen LogP contribution in [0.15, 0.2) is 47.4 Å². The normalized spacial score (nSPS) is 16.5. The fourth-order valence-corrected chi connectivity index (χ4v) is 4.98. The Hall–Kier alpha value is -2.38. The van der Waals surface area contributed by atoms with E-state index in [1.807, 2.05) is 32.0 Å². The molecule has 0 radical (unpaired) electrons. The maximum absolute atomic E-state index is 12.9. The van der Waals surface area contributed by atoms with Gasteiger partial charge in [-0.2, -0.15) is 4.31 Å². The fraction of sp³-hybridized carbons (Fsp3) is 0.435. The van der Waals surface area contributed by atoms with E-state index in [0.29, 0.717) is 24.5 Å². The molecule has 0 spiro atoms. The molecule has 1 aliphatic rings. The van der Waals surface area contributed by atoms with Crippen LogP contribution in [0.5, 0.6) is 5.75 Å². The SMILES string of the molecule is Cc1ccc(C)c(OC(C)C(=O)Nc2ccc(S(=O)(=O)N3CCCCCC3)cc2)c1. The van der Waals surface area contributed by atoms with E-state index in [1.165, 1.54) is 0 Å². The summed E-state index contributed by atoms with van der Waals surface area (Å²) in [6.07, 6.45) is 3.24. The second kappa shape index (κ2) is 9.62. The molecule has 1 aliphatic heterocycles. The maximum Gasteiger partial charge on any atom is 0.265 e. The molecule has 0 saturated carbocycles. The van der Waals surface area contributed by atoms with Crippen LogP contribution in [-0.2, 0) is 14.8 Å². The van der Waals surface area contributed by atoms with Gasteiger partial charge >= 0.3 is 0 Å². The standard InChI is InChI=1S/C23H30N2O4S/c1-17-8-9-18(2)22(16-17)29-19(3)23(26)24-20-10-12-21(13-11-20)30(27,28)25-14-6-4-5-7-15-25/h8-13,16,19H,4-7,14-15H2,1-3H3,(H,24,26). The molecule has 0 aromatic heterocycles. The predicted molar refractivity (Wildman–Crippen MR) is 118 cm³/mol. The molecule has 1 N–H and O–H groups in total. The topological polar surface area (TPSA) is 75.7 Å². The first-order valence-corrected chi connectivity index (χ1v) is 11.9. The van der Waals surface area contributed by atoms with Crippen molar-refractivity contribution in [3.63, 3.8) is 0 Å². The molecule has 1 atom stereocenters. The third-order valence-corrected chi connectivity index (χ3v) is 7.25. The van der Waals surface area contributed by atoms with Crippen molar-refractivity contribution in [3.05, 3.63) is 53.6 Å². The lowest BCUT2D eigenvalue weighted by molar-refractivity contribution is -0.122. The van der Waals surface area contributed by atoms with Crippen molar-refractivity contribution in [1.82, 2.24) is 4.31 Å². The molecule has 1 fully saturated rings. The molecule has 2 aromatic rings. The van der Waals surface area contributed by atoms with Gasteiger partial charge in [0.1, 0.15) is 5.75 Å². The van der Waals surface area contributed by atoms with Crippen LogP contribution in [0.25, 0.3) is 0 Å². The van der Waals surface area contributed by atoms with Crippen LogP contribution in [0, 0.1) is 13.8 Å². The highest BCUT2D eigenvalue weighted by atomic mass is 32.2. The summed E-state index contributed by atoms with van der Waals surface area (Å²) >= 11 is 0. The summed E-state index contributed by atoms with van der Waals surface area (Å²) in [6, 6.07) is 12.2. The van der Waals surface area contributed by atoms with E-state index in [4.69, 9.17) is 4.74 Å². The number of sulfonamides is 1. The molecule has 6 nitrogen and oxygen atoms in total. The minimum atomic E-state index is -3.50. The summed E-state index contributed by atoms with van der Waals surface area (Å²) in [7, 11) is -3.50. The zero-order chi connectivity index (χ0) is 21.7. The molecule has 2 aromatic carbocycles. The number of ether oxygens (including phenoxy) is 1. The van der Waals surface area contributed by atoms with Crippen LogP contribution in [0.4, 0.5) is 5.69 Å². The molecule has 1 unspecified atom stereocenters. The number of hydrogen-bond donors (Lipinski definition) is 1. The van der Waals surface area contributed by atoms with Crippen LogP contribution in [0.3, 0.4) is 0 Å². The second-order valence-corrected chi connectivity index (χ2v) is 9.80. The number of nitrogens with one attached hydrogen (secondary N) is 1. The Bertz CT molecular complexity index is 979. The Kier molecular flexibility index (Phi) is 7.15. The van der Waals surface area contributed by atoms with Crippen molar-refractivity contribution in [2.45, 2.75) is 57.5 Å². The van der Waals surface area contributed by atoms with E-state index in [9.17, 15) is 13.2 Å². The lowest BCUT2D eigenvalue weighted by Gasteiger charge is -2.20. The lowest BCUT2D eigenvalue weighted by Crippen LogP contribution is -2.32. The van der Waals surface area contributed by atoms with Crippen molar-refractivity contribution >= 4 is 21.6 Å². The zero-order valence-electron chi connectivity index (χ0n) is 17.8. The van der Waals surface area contributed by atoms with Gasteiger partial charge in [0.05, 0.1) is 4.90 Å². The molecule has 0 aliphatic carbocycles. The van der Waals surface area contributed by atoms with Gasteiger partial charge in [-0.15, -0.1) is 0 Å². The largest absolute Gasteiger partial charge is 0.481 e. The van der Waals surface area contributed by atoms with Gasteiger partial charge in [0, 0.05) is 18.8 Å². The Morgan fingerprint density at radius 2 is 1.63 bits per heavy atom. The molecule has 30 heavy (non-hydrogen) atoms. The van der Waals surface area contributed by atoms with Crippen molar-refractivity contribution in [2.75, 3.05) is 18.4 Å². The number of rotatable bonds is 6. The quantitative estimate of drug-likeness (QED) is 0.742. The van der Waals surface area contributed by atoms with Gasteiger partial charge in [-0.25, -0.2) is 8.42 Å². The minimum Gasteiger partial charge on any atom is -0.481 e. The Morgan fingerprint density at radius 3 is 2.27 bits per heavy atom. The van der Waals surface area contributed by atoms with Crippen LogP contribution >= 0.6 is 0 Å². The number of anilines is 1. The van der Waals surface area contributed by atoms with Gasteiger partial charge in [0.15, 0.2) is 6.10 Å². The van der Waals surface area contributed by atoms with E-state index in [-0.39, 0.29) is 10.8 Å². The summed E-state index contributed by atoms with van der Waals surface area (Å²) < 4.78 is 33.1. The molecular weight excluding hydrogens is 400 g/mol. The van der Waals surface area contributed by atoms with Crippen molar-refractivity contribution in [1.29, 1.82) is 0 Å². The van der Waals surface area contributed by atoms with E-state index >= 15 is 0 Å². The smallest absolute Gasteiger partial charge is 0.265 e. The summed E-state index contributed by atoms with van der Waals surface area (Å²) in [5.74, 6) is 0.385.